The first kappa shape index (κ1) is 16.4. The van der Waals surface area contributed by atoms with Crippen molar-refractivity contribution in [2.75, 3.05) is 13.2 Å². The number of ether oxygens (including phenoxy) is 1. The van der Waals surface area contributed by atoms with Gasteiger partial charge in [0, 0.05) is 6.04 Å². The summed E-state index contributed by atoms with van der Waals surface area (Å²) in [6.45, 7) is 15.8. The van der Waals surface area contributed by atoms with E-state index in [4.69, 9.17) is 4.74 Å². The molecule has 1 aliphatic carbocycles. The van der Waals surface area contributed by atoms with Crippen LogP contribution in [0.4, 0.5) is 0 Å². The lowest BCUT2D eigenvalue weighted by Gasteiger charge is -2.16. The quantitative estimate of drug-likeness (QED) is 0.778. The fourth-order valence-corrected chi connectivity index (χ4v) is 3.33. The molecular formula is C19H31NO. The van der Waals surface area contributed by atoms with E-state index in [0.717, 1.165) is 31.2 Å². The fraction of sp³-hybridized carbons (Fsp3) is 0.684. The van der Waals surface area contributed by atoms with Gasteiger partial charge in [-0.05, 0) is 54.3 Å². The van der Waals surface area contributed by atoms with Gasteiger partial charge in [-0.3, -0.25) is 0 Å². The normalized spacial score (nSPS) is 21.0. The molecule has 0 spiro atoms. The highest BCUT2D eigenvalue weighted by Gasteiger charge is 2.63. The van der Waals surface area contributed by atoms with Crippen LogP contribution in [0, 0.1) is 16.7 Å². The molecule has 0 bridgehead atoms. The molecule has 1 fully saturated rings. The third-order valence-corrected chi connectivity index (χ3v) is 5.80. The Morgan fingerprint density at radius 1 is 1.10 bits per heavy atom. The van der Waals surface area contributed by atoms with Crippen molar-refractivity contribution in [3.8, 4) is 5.75 Å². The maximum atomic E-state index is 5.63. The Labute approximate surface area is 130 Å². The standard InChI is InChI=1S/C19H31NO/c1-7-12-21-16-10-8-15(9-11-16)14(2)20-13-17-18(3,4)19(17,5)6/h8-11,14,17,20H,7,12-13H2,1-6H3. The van der Waals surface area contributed by atoms with E-state index in [1.54, 1.807) is 0 Å². The lowest BCUT2D eigenvalue weighted by atomic mass is 10.0. The molecule has 0 aliphatic heterocycles. The highest BCUT2D eigenvalue weighted by Crippen LogP contribution is 2.68. The van der Waals surface area contributed by atoms with Crippen LogP contribution in [-0.4, -0.2) is 13.2 Å². The van der Waals surface area contributed by atoms with Gasteiger partial charge in [-0.2, -0.15) is 0 Å². The van der Waals surface area contributed by atoms with E-state index in [0.29, 0.717) is 16.9 Å². The van der Waals surface area contributed by atoms with Gasteiger partial charge in [0.2, 0.25) is 0 Å². The summed E-state index contributed by atoms with van der Waals surface area (Å²) < 4.78 is 5.63. The zero-order valence-corrected chi connectivity index (χ0v) is 14.5. The second-order valence-corrected chi connectivity index (χ2v) is 7.54. The van der Waals surface area contributed by atoms with Crippen molar-refractivity contribution in [1.29, 1.82) is 0 Å². The average Bonchev–Trinajstić information content (AvgIpc) is 2.84. The summed E-state index contributed by atoms with van der Waals surface area (Å²) in [5.41, 5.74) is 2.24. The van der Waals surface area contributed by atoms with E-state index >= 15 is 0 Å². The first-order chi connectivity index (χ1) is 9.80. The molecule has 2 rings (SSSR count). The molecule has 1 aliphatic rings. The van der Waals surface area contributed by atoms with Crippen LogP contribution in [0.2, 0.25) is 0 Å². The molecule has 2 nitrogen and oxygen atoms in total. The van der Waals surface area contributed by atoms with Gasteiger partial charge < -0.3 is 10.1 Å². The van der Waals surface area contributed by atoms with E-state index in [1.165, 1.54) is 5.56 Å². The Kier molecular flexibility index (Phi) is 4.67. The van der Waals surface area contributed by atoms with Crippen LogP contribution in [0.1, 0.15) is 59.6 Å². The van der Waals surface area contributed by atoms with Crippen LogP contribution < -0.4 is 10.1 Å². The molecule has 0 amide bonds. The first-order valence-corrected chi connectivity index (χ1v) is 8.27. The lowest BCUT2D eigenvalue weighted by molar-refractivity contribution is 0.317. The summed E-state index contributed by atoms with van der Waals surface area (Å²) in [7, 11) is 0. The smallest absolute Gasteiger partial charge is 0.119 e. The van der Waals surface area contributed by atoms with Crippen molar-refractivity contribution in [3.63, 3.8) is 0 Å². The molecule has 21 heavy (non-hydrogen) atoms. The van der Waals surface area contributed by atoms with Gasteiger partial charge in [0.1, 0.15) is 5.75 Å². The van der Waals surface area contributed by atoms with Crippen molar-refractivity contribution in [2.24, 2.45) is 16.7 Å². The van der Waals surface area contributed by atoms with Gasteiger partial charge in [-0.1, -0.05) is 46.8 Å². The van der Waals surface area contributed by atoms with Crippen molar-refractivity contribution in [2.45, 2.75) is 54.0 Å². The second-order valence-electron chi connectivity index (χ2n) is 7.54. The summed E-state index contributed by atoms with van der Waals surface area (Å²) in [4.78, 5) is 0. The number of nitrogens with one attached hydrogen (secondary N) is 1. The summed E-state index contributed by atoms with van der Waals surface area (Å²) in [5.74, 6) is 1.73. The van der Waals surface area contributed by atoms with Crippen molar-refractivity contribution in [3.05, 3.63) is 29.8 Å². The Balaban J connectivity index is 1.85. The van der Waals surface area contributed by atoms with Gasteiger partial charge >= 0.3 is 0 Å². The third kappa shape index (κ3) is 3.26. The van der Waals surface area contributed by atoms with Crippen LogP contribution in [0.15, 0.2) is 24.3 Å². The van der Waals surface area contributed by atoms with Crippen molar-refractivity contribution >= 4 is 0 Å². The first-order valence-electron chi connectivity index (χ1n) is 8.27. The maximum absolute atomic E-state index is 5.63. The highest BCUT2D eigenvalue weighted by atomic mass is 16.5. The summed E-state index contributed by atoms with van der Waals surface area (Å²) in [6, 6.07) is 8.89. The summed E-state index contributed by atoms with van der Waals surface area (Å²) in [5, 5.41) is 3.69. The lowest BCUT2D eigenvalue weighted by Crippen LogP contribution is -2.23. The molecule has 1 N–H and O–H groups in total. The maximum Gasteiger partial charge on any atom is 0.119 e. The minimum absolute atomic E-state index is 0.387. The highest BCUT2D eigenvalue weighted by molar-refractivity contribution is 5.29. The van der Waals surface area contributed by atoms with Crippen LogP contribution in [0.5, 0.6) is 5.75 Å². The monoisotopic (exact) mass is 289 g/mol. The molecule has 0 radical (unpaired) electrons. The van der Waals surface area contributed by atoms with Gasteiger partial charge in [-0.15, -0.1) is 0 Å². The SMILES string of the molecule is CCCOc1ccc(C(C)NCC2C(C)(C)C2(C)C)cc1. The zero-order chi connectivity index (χ0) is 15.7. The Bertz CT molecular complexity index is 447. The predicted octanol–water partition coefficient (Wildman–Crippen LogP) is 4.81. The predicted molar refractivity (Wildman–Crippen MR) is 89.7 cm³/mol. The van der Waals surface area contributed by atoms with E-state index < -0.39 is 0 Å². The van der Waals surface area contributed by atoms with E-state index in [2.05, 4.69) is 71.1 Å². The molecule has 2 heteroatoms. The van der Waals surface area contributed by atoms with E-state index in [-0.39, 0.29) is 0 Å². The van der Waals surface area contributed by atoms with Gasteiger partial charge in [0.25, 0.3) is 0 Å². The van der Waals surface area contributed by atoms with Crippen LogP contribution in [0.25, 0.3) is 0 Å². The largest absolute Gasteiger partial charge is 0.494 e. The molecule has 1 aromatic rings. The van der Waals surface area contributed by atoms with Gasteiger partial charge in [0.15, 0.2) is 0 Å². The van der Waals surface area contributed by atoms with Crippen molar-refractivity contribution in [1.82, 2.24) is 5.32 Å². The van der Waals surface area contributed by atoms with Crippen LogP contribution in [0.3, 0.4) is 0 Å². The number of hydrogen-bond donors (Lipinski definition) is 1. The molecular weight excluding hydrogens is 258 g/mol. The molecule has 0 aromatic heterocycles. The molecule has 1 unspecified atom stereocenters. The third-order valence-electron chi connectivity index (χ3n) is 5.80. The minimum Gasteiger partial charge on any atom is -0.494 e. The van der Waals surface area contributed by atoms with E-state index in [9.17, 15) is 0 Å². The van der Waals surface area contributed by atoms with Gasteiger partial charge in [0.05, 0.1) is 6.61 Å². The Hall–Kier alpha value is -1.02. The Morgan fingerprint density at radius 2 is 1.67 bits per heavy atom. The molecule has 0 heterocycles. The average molecular weight is 289 g/mol. The minimum atomic E-state index is 0.387. The van der Waals surface area contributed by atoms with Gasteiger partial charge in [-0.25, -0.2) is 0 Å². The second kappa shape index (κ2) is 6.00. The molecule has 1 atom stereocenters. The molecule has 1 saturated carbocycles. The number of hydrogen-bond acceptors (Lipinski definition) is 2. The fourth-order valence-electron chi connectivity index (χ4n) is 3.33. The summed E-state index contributed by atoms with van der Waals surface area (Å²) in [6.07, 6.45) is 1.05. The number of rotatable bonds is 7. The number of benzene rings is 1. The Morgan fingerprint density at radius 3 is 2.14 bits per heavy atom. The molecule has 0 saturated heterocycles. The zero-order valence-electron chi connectivity index (χ0n) is 14.5. The van der Waals surface area contributed by atoms with Crippen LogP contribution >= 0.6 is 0 Å². The topological polar surface area (TPSA) is 21.3 Å². The molecule has 118 valence electrons. The van der Waals surface area contributed by atoms with Crippen molar-refractivity contribution < 1.29 is 4.74 Å². The molecule has 1 aromatic carbocycles. The van der Waals surface area contributed by atoms with Crippen LogP contribution in [-0.2, 0) is 0 Å². The summed E-state index contributed by atoms with van der Waals surface area (Å²) >= 11 is 0. The van der Waals surface area contributed by atoms with E-state index in [1.807, 2.05) is 0 Å².